The van der Waals surface area contributed by atoms with E-state index in [9.17, 15) is 0 Å². The summed E-state index contributed by atoms with van der Waals surface area (Å²) in [4.78, 5) is 0. The maximum atomic E-state index is 5.84. The molecule has 0 heterocycles. The zero-order valence-corrected chi connectivity index (χ0v) is 12.3. The molecule has 1 aliphatic rings. The highest BCUT2D eigenvalue weighted by atomic mass is 16.5. The largest absolute Gasteiger partial charge is 0.376 e. The van der Waals surface area contributed by atoms with Crippen LogP contribution < -0.4 is 11.3 Å². The molecule has 19 heavy (non-hydrogen) atoms. The normalized spacial score (nSPS) is 19.8. The highest BCUT2D eigenvalue weighted by molar-refractivity contribution is 5.29. The lowest BCUT2D eigenvalue weighted by Gasteiger charge is -2.36. The summed E-state index contributed by atoms with van der Waals surface area (Å²) in [6, 6.07) is 8.82. The van der Waals surface area contributed by atoms with Crippen LogP contribution >= 0.6 is 0 Å². The van der Waals surface area contributed by atoms with Gasteiger partial charge < -0.3 is 4.74 Å². The molecule has 0 amide bonds. The fraction of sp³-hybridized carbons (Fsp3) is 0.625. The SMILES string of the molecule is COC1(C(NN)c2ccc(C(C)C)cc2)CCCC1. The van der Waals surface area contributed by atoms with Crippen molar-refractivity contribution in [3.8, 4) is 0 Å². The Hall–Kier alpha value is -0.900. The molecule has 0 aromatic heterocycles. The first-order valence-corrected chi connectivity index (χ1v) is 7.24. The van der Waals surface area contributed by atoms with E-state index in [-0.39, 0.29) is 11.6 Å². The molecule has 0 saturated heterocycles. The lowest BCUT2D eigenvalue weighted by atomic mass is 9.86. The van der Waals surface area contributed by atoms with Gasteiger partial charge in [-0.1, -0.05) is 51.0 Å². The Morgan fingerprint density at radius 3 is 2.05 bits per heavy atom. The summed E-state index contributed by atoms with van der Waals surface area (Å²) in [6.07, 6.45) is 4.58. The summed E-state index contributed by atoms with van der Waals surface area (Å²) in [6.45, 7) is 4.42. The number of methoxy groups -OCH3 is 1. The van der Waals surface area contributed by atoms with Crippen molar-refractivity contribution in [3.05, 3.63) is 35.4 Å². The van der Waals surface area contributed by atoms with E-state index >= 15 is 0 Å². The summed E-state index contributed by atoms with van der Waals surface area (Å²) < 4.78 is 5.84. The zero-order chi connectivity index (χ0) is 13.9. The van der Waals surface area contributed by atoms with Gasteiger partial charge in [0.05, 0.1) is 11.6 Å². The van der Waals surface area contributed by atoms with Crippen molar-refractivity contribution in [2.75, 3.05) is 7.11 Å². The number of rotatable bonds is 5. The van der Waals surface area contributed by atoms with Gasteiger partial charge in [-0.05, 0) is 29.9 Å². The standard InChI is InChI=1S/C16H26N2O/c1-12(2)13-6-8-14(9-7-13)15(18-17)16(19-3)10-4-5-11-16/h6-9,12,15,18H,4-5,10-11,17H2,1-3H3. The van der Waals surface area contributed by atoms with E-state index in [0.29, 0.717) is 5.92 Å². The number of nitrogens with two attached hydrogens (primary N) is 1. The Kier molecular flexibility index (Phi) is 4.61. The molecule has 1 unspecified atom stereocenters. The van der Waals surface area contributed by atoms with Gasteiger partial charge in [-0.2, -0.15) is 0 Å². The van der Waals surface area contributed by atoms with Gasteiger partial charge in [-0.15, -0.1) is 0 Å². The number of ether oxygens (including phenoxy) is 1. The molecule has 0 bridgehead atoms. The van der Waals surface area contributed by atoms with Crippen LogP contribution in [0.15, 0.2) is 24.3 Å². The van der Waals surface area contributed by atoms with Crippen molar-refractivity contribution in [1.82, 2.24) is 5.43 Å². The van der Waals surface area contributed by atoms with Crippen molar-refractivity contribution in [1.29, 1.82) is 0 Å². The summed E-state index contributed by atoms with van der Waals surface area (Å²) in [5, 5.41) is 0. The lowest BCUT2D eigenvalue weighted by Crippen LogP contribution is -2.46. The van der Waals surface area contributed by atoms with Crippen LogP contribution in [0.25, 0.3) is 0 Å². The minimum Gasteiger partial charge on any atom is -0.376 e. The van der Waals surface area contributed by atoms with E-state index in [2.05, 4.69) is 43.5 Å². The molecule has 0 radical (unpaired) electrons. The van der Waals surface area contributed by atoms with E-state index < -0.39 is 0 Å². The first-order chi connectivity index (χ1) is 9.13. The van der Waals surface area contributed by atoms with Gasteiger partial charge in [0.25, 0.3) is 0 Å². The highest BCUT2D eigenvalue weighted by Gasteiger charge is 2.41. The number of hydrazine groups is 1. The van der Waals surface area contributed by atoms with Crippen LogP contribution in [-0.4, -0.2) is 12.7 Å². The molecular formula is C16H26N2O. The van der Waals surface area contributed by atoms with Crippen LogP contribution in [0.3, 0.4) is 0 Å². The molecule has 3 N–H and O–H groups in total. The third kappa shape index (κ3) is 2.83. The van der Waals surface area contributed by atoms with Crippen LogP contribution in [0, 0.1) is 0 Å². The Morgan fingerprint density at radius 1 is 1.11 bits per heavy atom. The highest BCUT2D eigenvalue weighted by Crippen LogP contribution is 2.42. The fourth-order valence-corrected chi connectivity index (χ4v) is 3.21. The van der Waals surface area contributed by atoms with Gasteiger partial charge in [0.2, 0.25) is 0 Å². The van der Waals surface area contributed by atoms with Gasteiger partial charge in [0, 0.05) is 7.11 Å². The van der Waals surface area contributed by atoms with E-state index in [1.54, 1.807) is 7.11 Å². The first-order valence-electron chi connectivity index (χ1n) is 7.24. The topological polar surface area (TPSA) is 47.3 Å². The molecule has 1 atom stereocenters. The van der Waals surface area contributed by atoms with Gasteiger partial charge in [0.1, 0.15) is 0 Å². The quantitative estimate of drug-likeness (QED) is 0.632. The molecule has 1 aromatic rings. The summed E-state index contributed by atoms with van der Waals surface area (Å²) in [5.74, 6) is 6.37. The van der Waals surface area contributed by atoms with Crippen LogP contribution in [0.1, 0.15) is 62.6 Å². The molecule has 1 aromatic carbocycles. The minimum absolute atomic E-state index is 0.0706. The van der Waals surface area contributed by atoms with Gasteiger partial charge in [0.15, 0.2) is 0 Å². The van der Waals surface area contributed by atoms with E-state index in [1.165, 1.54) is 24.0 Å². The second-order valence-electron chi connectivity index (χ2n) is 5.90. The molecule has 1 aliphatic carbocycles. The summed E-state index contributed by atoms with van der Waals surface area (Å²) >= 11 is 0. The summed E-state index contributed by atoms with van der Waals surface area (Å²) in [5.41, 5.74) is 5.41. The molecule has 2 rings (SSSR count). The Morgan fingerprint density at radius 2 is 1.63 bits per heavy atom. The van der Waals surface area contributed by atoms with Crippen LogP contribution in [0.5, 0.6) is 0 Å². The maximum absolute atomic E-state index is 5.84. The molecule has 0 spiro atoms. The molecule has 3 nitrogen and oxygen atoms in total. The monoisotopic (exact) mass is 262 g/mol. The van der Waals surface area contributed by atoms with Crippen molar-refractivity contribution in [3.63, 3.8) is 0 Å². The predicted molar refractivity (Wildman–Crippen MR) is 78.8 cm³/mol. The Labute approximate surface area is 116 Å². The van der Waals surface area contributed by atoms with E-state index in [1.807, 2.05) is 0 Å². The first kappa shape index (κ1) is 14.5. The van der Waals surface area contributed by atoms with Crippen molar-refractivity contribution in [2.24, 2.45) is 5.84 Å². The maximum Gasteiger partial charge on any atom is 0.0885 e. The van der Waals surface area contributed by atoms with Crippen LogP contribution in [0.4, 0.5) is 0 Å². The van der Waals surface area contributed by atoms with Crippen molar-refractivity contribution in [2.45, 2.75) is 57.1 Å². The van der Waals surface area contributed by atoms with Gasteiger partial charge in [-0.3, -0.25) is 11.3 Å². The van der Waals surface area contributed by atoms with E-state index in [4.69, 9.17) is 10.6 Å². The smallest absolute Gasteiger partial charge is 0.0885 e. The zero-order valence-electron chi connectivity index (χ0n) is 12.3. The number of hydrogen-bond acceptors (Lipinski definition) is 3. The Bertz CT molecular complexity index is 394. The minimum atomic E-state index is -0.145. The second kappa shape index (κ2) is 6.04. The predicted octanol–water partition coefficient (Wildman–Crippen LogP) is 3.27. The molecule has 1 saturated carbocycles. The van der Waals surface area contributed by atoms with Crippen molar-refractivity contribution < 1.29 is 4.74 Å². The van der Waals surface area contributed by atoms with E-state index in [0.717, 1.165) is 12.8 Å². The number of hydrogen-bond donors (Lipinski definition) is 2. The average molecular weight is 262 g/mol. The molecule has 1 fully saturated rings. The Balaban J connectivity index is 2.26. The number of nitrogens with one attached hydrogen (secondary N) is 1. The molecular weight excluding hydrogens is 236 g/mol. The third-order valence-corrected chi connectivity index (χ3v) is 4.49. The summed E-state index contributed by atoms with van der Waals surface area (Å²) in [7, 11) is 1.80. The van der Waals surface area contributed by atoms with Gasteiger partial charge >= 0.3 is 0 Å². The second-order valence-corrected chi connectivity index (χ2v) is 5.90. The third-order valence-electron chi connectivity index (χ3n) is 4.49. The molecule has 0 aliphatic heterocycles. The number of benzene rings is 1. The molecule has 3 heteroatoms. The van der Waals surface area contributed by atoms with Gasteiger partial charge in [-0.25, -0.2) is 0 Å². The molecule has 106 valence electrons. The fourth-order valence-electron chi connectivity index (χ4n) is 3.21. The van der Waals surface area contributed by atoms with Crippen LogP contribution in [0.2, 0.25) is 0 Å². The van der Waals surface area contributed by atoms with Crippen molar-refractivity contribution >= 4 is 0 Å². The average Bonchev–Trinajstić information content (AvgIpc) is 2.90. The lowest BCUT2D eigenvalue weighted by molar-refractivity contribution is -0.0368. The van der Waals surface area contributed by atoms with Crippen LogP contribution in [-0.2, 0) is 4.74 Å².